The van der Waals surface area contributed by atoms with Crippen molar-refractivity contribution in [1.82, 2.24) is 9.80 Å². The van der Waals surface area contributed by atoms with Gasteiger partial charge in [-0.3, -0.25) is 14.5 Å². The molecule has 3 fully saturated rings. The molecule has 168 valence electrons. The highest BCUT2D eigenvalue weighted by molar-refractivity contribution is 6.76. The second-order valence-electron chi connectivity index (χ2n) is 7.02. The number of ketones is 1. The predicted octanol–water partition coefficient (Wildman–Crippen LogP) is 2.52. The van der Waals surface area contributed by atoms with E-state index in [9.17, 15) is 22.8 Å². The molecule has 1 unspecified atom stereocenters. The number of carbonyl (C=O) groups is 3. The Balaban J connectivity index is 0.000000516. The van der Waals surface area contributed by atoms with Gasteiger partial charge in [-0.1, -0.05) is 41.7 Å². The molecule has 3 heterocycles. The third-order valence-corrected chi connectivity index (χ3v) is 5.46. The number of hydrogen-bond acceptors (Lipinski definition) is 5. The lowest BCUT2D eigenvalue weighted by Crippen LogP contribution is -2.64. The fourth-order valence-corrected chi connectivity index (χ4v) is 3.57. The molecule has 0 aromatic carbocycles. The van der Waals surface area contributed by atoms with E-state index in [-0.39, 0.29) is 30.3 Å². The molecule has 3 aliphatic heterocycles. The van der Waals surface area contributed by atoms with E-state index in [0.29, 0.717) is 6.61 Å². The van der Waals surface area contributed by atoms with E-state index in [2.05, 4.69) is 4.90 Å². The van der Waals surface area contributed by atoms with Crippen molar-refractivity contribution in [2.45, 2.75) is 35.8 Å². The maximum absolute atomic E-state index is 12.7. The van der Waals surface area contributed by atoms with Crippen LogP contribution in [0.3, 0.4) is 0 Å². The summed E-state index contributed by atoms with van der Waals surface area (Å²) in [4.78, 5) is 37.4. The summed E-state index contributed by atoms with van der Waals surface area (Å²) in [6.07, 6.45) is -3.34. The summed E-state index contributed by atoms with van der Waals surface area (Å²) >= 11 is 17.2. The number of amides is 1. The average Bonchev–Trinajstić information content (AvgIpc) is 2.60. The van der Waals surface area contributed by atoms with Crippen LogP contribution < -0.4 is 0 Å². The number of ether oxygens (including phenoxy) is 1. The number of Topliss-reactive ketones (excluding diaryl/α,β-unsaturated/α-hetero) is 1. The molecule has 1 atom stereocenters. The van der Waals surface area contributed by atoms with Crippen LogP contribution in [0.1, 0.15) is 19.8 Å². The van der Waals surface area contributed by atoms with Crippen molar-refractivity contribution >= 4 is 52.5 Å². The summed E-state index contributed by atoms with van der Waals surface area (Å²) in [6, 6.07) is -0.319. The number of alkyl halides is 6. The van der Waals surface area contributed by atoms with Gasteiger partial charge in [-0.2, -0.15) is 13.2 Å². The molecule has 1 amide bonds. The number of aliphatic carboxylic acids is 1. The number of fused-ring (bicyclic) bond motifs is 3. The van der Waals surface area contributed by atoms with E-state index in [0.717, 1.165) is 25.9 Å². The minimum absolute atomic E-state index is 0.185. The molecule has 1 N–H and O–H groups in total. The zero-order valence-electron chi connectivity index (χ0n) is 15.8. The summed E-state index contributed by atoms with van der Waals surface area (Å²) < 4.78 is 34.7. The Morgan fingerprint density at radius 3 is 2.14 bits per heavy atom. The topological polar surface area (TPSA) is 87.2 Å². The quantitative estimate of drug-likeness (QED) is 0.602. The van der Waals surface area contributed by atoms with Gasteiger partial charge in [-0.25, -0.2) is 4.79 Å². The Morgan fingerprint density at radius 2 is 1.76 bits per heavy atom. The van der Waals surface area contributed by atoms with E-state index < -0.39 is 21.8 Å². The first kappa shape index (κ1) is 26.2. The second kappa shape index (κ2) is 10.00. The third kappa shape index (κ3) is 7.13. The molecule has 29 heavy (non-hydrogen) atoms. The van der Waals surface area contributed by atoms with E-state index in [1.807, 2.05) is 6.92 Å². The number of carboxylic acids is 1. The van der Waals surface area contributed by atoms with E-state index in [1.54, 1.807) is 0 Å². The maximum Gasteiger partial charge on any atom is 0.490 e. The van der Waals surface area contributed by atoms with Crippen LogP contribution in [0.4, 0.5) is 13.2 Å². The fourth-order valence-electron chi connectivity index (χ4n) is 3.21. The standard InChI is InChI=1S/C14H21Cl3N2O3.C2HF3O2/c1-13-3-5-18(6-4-13)10(11(13)20)9-19(7-8-22-2)12(21)14(15,16)17;3-2(4,5)1(6)7/h10H,3-9H2,1-2H3;(H,6,7). The van der Waals surface area contributed by atoms with Crippen molar-refractivity contribution in [2.75, 3.05) is 39.9 Å². The SMILES string of the molecule is COCCN(CC1C(=O)C2(C)CCN1CC2)C(=O)C(Cl)(Cl)Cl.O=C(O)C(F)(F)F. The maximum atomic E-state index is 12.7. The van der Waals surface area contributed by atoms with Crippen LogP contribution in [0.5, 0.6) is 0 Å². The van der Waals surface area contributed by atoms with Crippen LogP contribution in [0.25, 0.3) is 0 Å². The summed E-state index contributed by atoms with van der Waals surface area (Å²) in [7, 11) is 1.54. The smallest absolute Gasteiger partial charge is 0.475 e. The largest absolute Gasteiger partial charge is 0.490 e. The van der Waals surface area contributed by atoms with Crippen LogP contribution in [0.2, 0.25) is 0 Å². The van der Waals surface area contributed by atoms with Gasteiger partial charge in [0, 0.05) is 25.6 Å². The molecule has 3 rings (SSSR count). The highest BCUT2D eigenvalue weighted by Gasteiger charge is 2.50. The normalized spacial score (nSPS) is 26.6. The fraction of sp³-hybridized carbons (Fsp3) is 0.812. The number of nitrogens with zero attached hydrogens (tertiary/aromatic N) is 2. The van der Waals surface area contributed by atoms with Gasteiger partial charge in [-0.15, -0.1) is 0 Å². The van der Waals surface area contributed by atoms with Crippen LogP contribution in [0, 0.1) is 5.41 Å². The summed E-state index contributed by atoms with van der Waals surface area (Å²) in [5.41, 5.74) is -0.282. The van der Waals surface area contributed by atoms with Crippen molar-refractivity contribution < 1.29 is 37.4 Å². The van der Waals surface area contributed by atoms with Crippen LogP contribution in [-0.2, 0) is 19.1 Å². The van der Waals surface area contributed by atoms with Gasteiger partial charge in [0.2, 0.25) is 0 Å². The van der Waals surface area contributed by atoms with Crippen molar-refractivity contribution in [3.8, 4) is 0 Å². The lowest BCUT2D eigenvalue weighted by Gasteiger charge is -2.50. The molecule has 2 bridgehead atoms. The number of rotatable bonds is 5. The number of carboxylic acid groups (broad SMARTS) is 1. The summed E-state index contributed by atoms with van der Waals surface area (Å²) in [5.74, 6) is -3.19. The van der Waals surface area contributed by atoms with Gasteiger partial charge >= 0.3 is 12.1 Å². The van der Waals surface area contributed by atoms with Gasteiger partial charge in [0.1, 0.15) is 0 Å². The predicted molar refractivity (Wildman–Crippen MR) is 100 cm³/mol. The molecule has 0 aliphatic carbocycles. The van der Waals surface area contributed by atoms with Crippen LogP contribution in [-0.4, -0.2) is 88.5 Å². The van der Waals surface area contributed by atoms with Crippen molar-refractivity contribution in [2.24, 2.45) is 5.41 Å². The highest BCUT2D eigenvalue weighted by atomic mass is 35.6. The molecule has 0 radical (unpaired) electrons. The summed E-state index contributed by atoms with van der Waals surface area (Å²) in [5, 5.41) is 7.12. The lowest BCUT2D eigenvalue weighted by molar-refractivity contribution is -0.192. The number of methoxy groups -OCH3 is 1. The number of hydrogen-bond donors (Lipinski definition) is 1. The van der Waals surface area contributed by atoms with Gasteiger partial charge in [0.05, 0.1) is 12.6 Å². The third-order valence-electron chi connectivity index (χ3n) is 4.97. The first-order valence-corrected chi connectivity index (χ1v) is 9.70. The van der Waals surface area contributed by atoms with Gasteiger partial charge in [0.15, 0.2) is 5.78 Å². The minimum Gasteiger partial charge on any atom is -0.475 e. The van der Waals surface area contributed by atoms with Crippen LogP contribution >= 0.6 is 34.8 Å². The Kier molecular flexibility index (Phi) is 9.04. The molecule has 0 saturated carbocycles. The highest BCUT2D eigenvalue weighted by Crippen LogP contribution is 2.40. The lowest BCUT2D eigenvalue weighted by atomic mass is 9.69. The zero-order valence-corrected chi connectivity index (χ0v) is 18.0. The molecule has 3 saturated heterocycles. The van der Waals surface area contributed by atoms with Crippen molar-refractivity contribution in [1.29, 1.82) is 0 Å². The van der Waals surface area contributed by atoms with Crippen molar-refractivity contribution in [3.63, 3.8) is 0 Å². The molecule has 0 aromatic heterocycles. The van der Waals surface area contributed by atoms with Gasteiger partial charge in [0.25, 0.3) is 9.70 Å². The van der Waals surface area contributed by atoms with Crippen LogP contribution in [0.15, 0.2) is 0 Å². The van der Waals surface area contributed by atoms with E-state index >= 15 is 0 Å². The Hall–Kier alpha value is -0.810. The van der Waals surface area contributed by atoms with E-state index in [1.165, 1.54) is 12.0 Å². The summed E-state index contributed by atoms with van der Waals surface area (Å²) in [6.45, 7) is 4.60. The number of halogens is 6. The van der Waals surface area contributed by atoms with E-state index in [4.69, 9.17) is 49.4 Å². The van der Waals surface area contributed by atoms with Gasteiger partial charge < -0.3 is 14.7 Å². The van der Waals surface area contributed by atoms with Gasteiger partial charge in [-0.05, 0) is 25.9 Å². The Morgan fingerprint density at radius 1 is 1.28 bits per heavy atom. The monoisotopic (exact) mass is 484 g/mol. The molecule has 7 nitrogen and oxygen atoms in total. The Bertz CT molecular complexity index is 620. The molecule has 0 spiro atoms. The molecular weight excluding hydrogens is 464 g/mol. The molecule has 3 aliphatic rings. The first-order chi connectivity index (χ1) is 13.1. The second-order valence-corrected chi connectivity index (χ2v) is 9.30. The molecule has 13 heteroatoms. The molecular formula is C16H22Cl3F3N2O5. The number of carbonyl (C=O) groups excluding carboxylic acids is 2. The zero-order chi connectivity index (χ0) is 22.6. The van der Waals surface area contributed by atoms with Crippen molar-refractivity contribution in [3.05, 3.63) is 0 Å². The Labute approximate surface area is 181 Å². The average molecular weight is 486 g/mol. The first-order valence-electron chi connectivity index (χ1n) is 8.57. The number of piperidine rings is 3. The molecule has 0 aromatic rings. The minimum atomic E-state index is -5.08.